The van der Waals surface area contributed by atoms with Crippen LogP contribution < -0.4 is 0 Å². The van der Waals surface area contributed by atoms with E-state index in [0.29, 0.717) is 36.1 Å². The largest absolute Gasteiger partial charge is 0.396 e. The number of aryl methyl sites for hydroxylation is 1. The highest BCUT2D eigenvalue weighted by Crippen LogP contribution is 2.27. The van der Waals surface area contributed by atoms with Crippen LogP contribution in [0.3, 0.4) is 0 Å². The number of benzene rings is 1. The van der Waals surface area contributed by atoms with Gasteiger partial charge in [-0.2, -0.15) is 0 Å². The van der Waals surface area contributed by atoms with E-state index in [1.165, 1.54) is 0 Å². The maximum atomic E-state index is 13.3. The van der Waals surface area contributed by atoms with Gasteiger partial charge in [0.2, 0.25) is 0 Å². The predicted octanol–water partition coefficient (Wildman–Crippen LogP) is 2.08. The Hall–Kier alpha value is -2.31. The Kier molecular flexibility index (Phi) is 6.19. The van der Waals surface area contributed by atoms with E-state index in [2.05, 4.69) is 14.9 Å². The molecule has 1 N–H and O–H groups in total. The molecular weight excluding hydrogens is 340 g/mol. The Morgan fingerprint density at radius 2 is 1.93 bits per heavy atom. The van der Waals surface area contributed by atoms with Crippen molar-refractivity contribution in [1.29, 1.82) is 0 Å². The van der Waals surface area contributed by atoms with Crippen molar-refractivity contribution in [3.05, 3.63) is 47.9 Å². The number of aromatic nitrogens is 2. The minimum absolute atomic E-state index is 0.0595. The van der Waals surface area contributed by atoms with E-state index < -0.39 is 0 Å². The van der Waals surface area contributed by atoms with E-state index >= 15 is 0 Å². The number of amides is 1. The molecule has 0 bridgehead atoms. The molecule has 0 spiro atoms. The molecule has 2 heterocycles. The fourth-order valence-electron chi connectivity index (χ4n) is 3.88. The van der Waals surface area contributed by atoms with Gasteiger partial charge in [0.15, 0.2) is 0 Å². The highest BCUT2D eigenvalue weighted by Gasteiger charge is 2.31. The lowest BCUT2D eigenvalue weighted by molar-refractivity contribution is 0.0477. The summed E-state index contributed by atoms with van der Waals surface area (Å²) in [6.07, 6.45) is 2.57. The van der Waals surface area contributed by atoms with E-state index in [4.69, 9.17) is 0 Å². The molecule has 6 heteroatoms. The van der Waals surface area contributed by atoms with Gasteiger partial charge < -0.3 is 14.9 Å². The molecule has 1 fully saturated rings. The fourth-order valence-corrected chi connectivity index (χ4v) is 3.88. The highest BCUT2D eigenvalue weighted by molar-refractivity contribution is 5.99. The molecule has 1 aromatic heterocycles. The first-order chi connectivity index (χ1) is 13.0. The summed E-state index contributed by atoms with van der Waals surface area (Å²) in [5.41, 5.74) is 2.10. The van der Waals surface area contributed by atoms with Gasteiger partial charge in [-0.3, -0.25) is 4.79 Å². The van der Waals surface area contributed by atoms with Gasteiger partial charge in [-0.1, -0.05) is 30.3 Å². The quantitative estimate of drug-likeness (QED) is 0.875. The summed E-state index contributed by atoms with van der Waals surface area (Å²) in [5.74, 6) is 1.04. The van der Waals surface area contributed by atoms with Crippen LogP contribution in [-0.4, -0.2) is 71.1 Å². The van der Waals surface area contributed by atoms with Crippen molar-refractivity contribution in [3.8, 4) is 11.3 Å². The van der Waals surface area contributed by atoms with Gasteiger partial charge in [0.1, 0.15) is 5.82 Å². The minimum Gasteiger partial charge on any atom is -0.396 e. The number of aliphatic hydroxyl groups excluding tert-OH is 1. The second-order valence-corrected chi connectivity index (χ2v) is 7.67. The summed E-state index contributed by atoms with van der Waals surface area (Å²) >= 11 is 0. The van der Waals surface area contributed by atoms with Crippen molar-refractivity contribution in [3.63, 3.8) is 0 Å². The van der Waals surface area contributed by atoms with Crippen LogP contribution in [0.5, 0.6) is 0 Å². The van der Waals surface area contributed by atoms with Gasteiger partial charge in [0.25, 0.3) is 5.91 Å². The lowest BCUT2D eigenvalue weighted by Crippen LogP contribution is -2.47. The second kappa shape index (κ2) is 8.59. The second-order valence-electron chi connectivity index (χ2n) is 7.67. The van der Waals surface area contributed by atoms with Crippen molar-refractivity contribution in [2.24, 2.45) is 11.8 Å². The monoisotopic (exact) mass is 368 g/mol. The first-order valence-corrected chi connectivity index (χ1v) is 9.41. The Morgan fingerprint density at radius 1 is 1.22 bits per heavy atom. The average molecular weight is 368 g/mol. The number of hydrogen-bond donors (Lipinski definition) is 1. The molecule has 1 saturated heterocycles. The summed E-state index contributed by atoms with van der Waals surface area (Å²) in [7, 11) is 4.08. The van der Waals surface area contributed by atoms with Crippen molar-refractivity contribution in [2.75, 3.05) is 40.3 Å². The van der Waals surface area contributed by atoms with E-state index in [1.807, 2.05) is 56.3 Å². The van der Waals surface area contributed by atoms with E-state index in [0.717, 1.165) is 18.5 Å². The molecular formula is C21H28N4O2. The third-order valence-electron chi connectivity index (χ3n) is 4.98. The SMILES string of the molecule is Cc1ncc(C(=O)N2CC(CO)CC(CN(C)C)C2)c(-c2ccccc2)n1. The summed E-state index contributed by atoms with van der Waals surface area (Å²) in [5, 5.41) is 9.71. The number of likely N-dealkylation sites (tertiary alicyclic amines) is 1. The van der Waals surface area contributed by atoms with Gasteiger partial charge in [0.05, 0.1) is 11.3 Å². The van der Waals surface area contributed by atoms with Crippen molar-refractivity contribution in [1.82, 2.24) is 19.8 Å². The Balaban J connectivity index is 1.91. The Bertz CT molecular complexity index is 779. The molecule has 1 amide bonds. The molecule has 2 atom stereocenters. The van der Waals surface area contributed by atoms with Crippen LogP contribution in [0, 0.1) is 18.8 Å². The van der Waals surface area contributed by atoms with Crippen LogP contribution >= 0.6 is 0 Å². The third kappa shape index (κ3) is 4.70. The zero-order valence-corrected chi connectivity index (χ0v) is 16.3. The van der Waals surface area contributed by atoms with Crippen LogP contribution in [0.15, 0.2) is 36.5 Å². The van der Waals surface area contributed by atoms with Crippen LogP contribution in [-0.2, 0) is 0 Å². The normalized spacial score (nSPS) is 20.1. The number of piperidine rings is 1. The van der Waals surface area contributed by atoms with E-state index in [9.17, 15) is 9.90 Å². The van der Waals surface area contributed by atoms with E-state index in [1.54, 1.807) is 6.20 Å². The van der Waals surface area contributed by atoms with Gasteiger partial charge in [0, 0.05) is 38.0 Å². The summed E-state index contributed by atoms with van der Waals surface area (Å²) in [6, 6.07) is 9.75. The third-order valence-corrected chi connectivity index (χ3v) is 4.98. The lowest BCUT2D eigenvalue weighted by atomic mass is 9.88. The van der Waals surface area contributed by atoms with Crippen LogP contribution in [0.1, 0.15) is 22.6 Å². The smallest absolute Gasteiger partial charge is 0.257 e. The Morgan fingerprint density at radius 3 is 2.59 bits per heavy atom. The van der Waals surface area contributed by atoms with Crippen molar-refractivity contribution in [2.45, 2.75) is 13.3 Å². The molecule has 1 aliphatic rings. The first kappa shape index (κ1) is 19.5. The maximum Gasteiger partial charge on any atom is 0.257 e. The minimum atomic E-state index is -0.0595. The number of nitrogens with zero attached hydrogens (tertiary/aromatic N) is 4. The first-order valence-electron chi connectivity index (χ1n) is 9.41. The lowest BCUT2D eigenvalue weighted by Gasteiger charge is -2.38. The number of carbonyl (C=O) groups is 1. The van der Waals surface area contributed by atoms with Crippen molar-refractivity contribution < 1.29 is 9.90 Å². The standard InChI is InChI=1S/C21H28N4O2/c1-15-22-10-19(20(23-15)18-7-5-4-6-8-18)21(27)25-12-16(11-24(2)3)9-17(13-25)14-26/h4-8,10,16-17,26H,9,11-14H2,1-3H3. The molecule has 2 aromatic rings. The molecule has 27 heavy (non-hydrogen) atoms. The molecule has 0 radical (unpaired) electrons. The predicted molar refractivity (Wildman–Crippen MR) is 105 cm³/mol. The number of carbonyl (C=O) groups excluding carboxylic acids is 1. The zero-order chi connectivity index (χ0) is 19.4. The van der Waals surface area contributed by atoms with Gasteiger partial charge in [-0.15, -0.1) is 0 Å². The zero-order valence-electron chi connectivity index (χ0n) is 16.3. The number of hydrogen-bond acceptors (Lipinski definition) is 5. The molecule has 3 rings (SSSR count). The van der Waals surface area contributed by atoms with Crippen LogP contribution in [0.2, 0.25) is 0 Å². The summed E-state index contributed by atoms with van der Waals surface area (Å²) < 4.78 is 0. The highest BCUT2D eigenvalue weighted by atomic mass is 16.3. The maximum absolute atomic E-state index is 13.3. The van der Waals surface area contributed by atoms with Gasteiger partial charge >= 0.3 is 0 Å². The molecule has 0 aliphatic carbocycles. The van der Waals surface area contributed by atoms with E-state index in [-0.39, 0.29) is 18.4 Å². The molecule has 1 aliphatic heterocycles. The topological polar surface area (TPSA) is 69.6 Å². The summed E-state index contributed by atoms with van der Waals surface area (Å²) in [6.45, 7) is 4.09. The summed E-state index contributed by atoms with van der Waals surface area (Å²) in [4.78, 5) is 26.2. The molecule has 6 nitrogen and oxygen atoms in total. The molecule has 2 unspecified atom stereocenters. The van der Waals surface area contributed by atoms with Crippen molar-refractivity contribution >= 4 is 5.91 Å². The number of rotatable bonds is 5. The van der Waals surface area contributed by atoms with Gasteiger partial charge in [-0.25, -0.2) is 9.97 Å². The average Bonchev–Trinajstić information content (AvgIpc) is 2.67. The van der Waals surface area contributed by atoms with Gasteiger partial charge in [-0.05, 0) is 39.3 Å². The van der Waals surface area contributed by atoms with Crippen LogP contribution in [0.4, 0.5) is 0 Å². The van der Waals surface area contributed by atoms with Crippen LogP contribution in [0.25, 0.3) is 11.3 Å². The fraction of sp³-hybridized carbons (Fsp3) is 0.476. The molecule has 0 saturated carbocycles. The number of aliphatic hydroxyl groups is 1. The Labute approximate surface area is 160 Å². The molecule has 144 valence electrons. The molecule has 1 aromatic carbocycles.